The van der Waals surface area contributed by atoms with Gasteiger partial charge >= 0.3 is 0 Å². The van der Waals surface area contributed by atoms with Crippen molar-refractivity contribution in [3.05, 3.63) is 63.7 Å². The van der Waals surface area contributed by atoms with Crippen LogP contribution < -0.4 is 10.3 Å². The quantitative estimate of drug-likeness (QED) is 0.777. The molecule has 0 spiro atoms. The molecule has 21 heavy (non-hydrogen) atoms. The van der Waals surface area contributed by atoms with Crippen molar-refractivity contribution in [1.82, 2.24) is 4.98 Å². The van der Waals surface area contributed by atoms with Crippen LogP contribution in [-0.2, 0) is 0 Å². The van der Waals surface area contributed by atoms with E-state index in [1.54, 1.807) is 30.3 Å². The van der Waals surface area contributed by atoms with Crippen LogP contribution in [-0.4, -0.2) is 12.1 Å². The first-order valence-electron chi connectivity index (χ1n) is 6.25. The van der Waals surface area contributed by atoms with Crippen molar-refractivity contribution in [2.24, 2.45) is 0 Å². The second kappa shape index (κ2) is 5.22. The van der Waals surface area contributed by atoms with Gasteiger partial charge in [0.1, 0.15) is 0 Å². The van der Waals surface area contributed by atoms with E-state index < -0.39 is 5.82 Å². The molecular formula is C16H11ClFNO2. The van der Waals surface area contributed by atoms with Crippen molar-refractivity contribution < 1.29 is 9.13 Å². The minimum atomic E-state index is -0.448. The molecule has 0 saturated heterocycles. The highest BCUT2D eigenvalue weighted by atomic mass is 35.5. The van der Waals surface area contributed by atoms with Crippen LogP contribution in [0, 0.1) is 5.82 Å². The normalized spacial score (nSPS) is 10.8. The number of nitrogens with one attached hydrogen (secondary N) is 1. The summed E-state index contributed by atoms with van der Waals surface area (Å²) >= 11 is 5.89. The number of benzene rings is 2. The molecule has 106 valence electrons. The molecule has 0 aliphatic heterocycles. The number of hydrogen-bond donors (Lipinski definition) is 1. The van der Waals surface area contributed by atoms with Crippen LogP contribution in [0.1, 0.15) is 0 Å². The number of rotatable bonds is 2. The van der Waals surface area contributed by atoms with E-state index in [1.807, 2.05) is 6.07 Å². The van der Waals surface area contributed by atoms with Gasteiger partial charge in [-0.15, -0.1) is 0 Å². The molecule has 3 nitrogen and oxygen atoms in total. The predicted molar refractivity (Wildman–Crippen MR) is 81.5 cm³/mol. The lowest BCUT2D eigenvalue weighted by Gasteiger charge is -2.07. The largest absolute Gasteiger partial charge is 0.494 e. The smallest absolute Gasteiger partial charge is 0.256 e. The Labute approximate surface area is 124 Å². The number of methoxy groups -OCH3 is 1. The molecule has 0 radical (unpaired) electrons. The first kappa shape index (κ1) is 13.6. The van der Waals surface area contributed by atoms with Crippen molar-refractivity contribution >= 4 is 22.4 Å². The Kier molecular flexibility index (Phi) is 3.39. The van der Waals surface area contributed by atoms with Gasteiger partial charge in [-0.05, 0) is 41.8 Å². The second-order valence-corrected chi connectivity index (χ2v) is 5.03. The first-order chi connectivity index (χ1) is 10.1. The average Bonchev–Trinajstić information content (AvgIpc) is 2.48. The van der Waals surface area contributed by atoms with Gasteiger partial charge in [-0.1, -0.05) is 17.7 Å². The zero-order valence-corrected chi connectivity index (χ0v) is 11.9. The zero-order valence-electron chi connectivity index (χ0n) is 11.1. The Hall–Kier alpha value is -2.33. The molecule has 1 heterocycles. The molecule has 2 aromatic carbocycles. The maximum atomic E-state index is 13.5. The van der Waals surface area contributed by atoms with Crippen molar-refractivity contribution in [3.8, 4) is 17.0 Å². The van der Waals surface area contributed by atoms with Crippen LogP contribution >= 0.6 is 11.6 Å². The van der Waals surface area contributed by atoms with Gasteiger partial charge in [-0.25, -0.2) is 4.39 Å². The Morgan fingerprint density at radius 1 is 1.14 bits per heavy atom. The van der Waals surface area contributed by atoms with Crippen LogP contribution in [0.5, 0.6) is 5.75 Å². The van der Waals surface area contributed by atoms with Gasteiger partial charge in [0.2, 0.25) is 0 Å². The van der Waals surface area contributed by atoms with E-state index >= 15 is 0 Å². The highest BCUT2D eigenvalue weighted by Gasteiger charge is 2.08. The summed E-state index contributed by atoms with van der Waals surface area (Å²) in [4.78, 5) is 14.9. The number of hydrogen-bond acceptors (Lipinski definition) is 2. The molecule has 3 rings (SSSR count). The number of halogens is 2. The fourth-order valence-corrected chi connectivity index (χ4v) is 2.39. The average molecular weight is 304 g/mol. The molecule has 0 fully saturated rings. The summed E-state index contributed by atoms with van der Waals surface area (Å²) < 4.78 is 18.4. The SMILES string of the molecule is COc1cc(-c2cc3ccc(Cl)cc3c(=O)[nH]2)ccc1F. The Balaban J connectivity index is 2.21. The van der Waals surface area contributed by atoms with E-state index in [2.05, 4.69) is 4.98 Å². The van der Waals surface area contributed by atoms with Gasteiger partial charge in [0.25, 0.3) is 5.56 Å². The second-order valence-electron chi connectivity index (χ2n) is 4.59. The van der Waals surface area contributed by atoms with Gasteiger partial charge in [0.15, 0.2) is 11.6 Å². The standard InChI is InChI=1S/C16H11ClFNO2/c1-21-15-7-10(3-5-13(15)18)14-6-9-2-4-11(17)8-12(9)16(20)19-14/h2-8H,1H3,(H,19,20). The molecule has 0 bridgehead atoms. The molecule has 0 unspecified atom stereocenters. The summed E-state index contributed by atoms with van der Waals surface area (Å²) in [5.74, 6) is -0.319. The highest BCUT2D eigenvalue weighted by molar-refractivity contribution is 6.31. The number of aromatic nitrogens is 1. The van der Waals surface area contributed by atoms with Crippen LogP contribution in [0.15, 0.2) is 47.3 Å². The van der Waals surface area contributed by atoms with Crippen molar-refractivity contribution in [2.75, 3.05) is 7.11 Å². The Bertz CT molecular complexity index is 889. The lowest BCUT2D eigenvalue weighted by atomic mass is 10.1. The number of aromatic amines is 1. The zero-order chi connectivity index (χ0) is 15.0. The maximum absolute atomic E-state index is 13.5. The number of H-pyrrole nitrogens is 1. The third kappa shape index (κ3) is 2.50. The Morgan fingerprint density at radius 3 is 2.71 bits per heavy atom. The summed E-state index contributed by atoms with van der Waals surface area (Å²) in [5.41, 5.74) is 1.02. The summed E-state index contributed by atoms with van der Waals surface area (Å²) in [7, 11) is 1.40. The molecule has 3 aromatic rings. The Morgan fingerprint density at radius 2 is 1.95 bits per heavy atom. The van der Waals surface area contributed by atoms with Crippen molar-refractivity contribution in [2.45, 2.75) is 0 Å². The van der Waals surface area contributed by atoms with Crippen LogP contribution in [0.25, 0.3) is 22.0 Å². The lowest BCUT2D eigenvalue weighted by Crippen LogP contribution is -2.07. The van der Waals surface area contributed by atoms with Gasteiger partial charge in [-0.2, -0.15) is 0 Å². The van der Waals surface area contributed by atoms with Crippen LogP contribution in [0.2, 0.25) is 5.02 Å². The molecular weight excluding hydrogens is 293 g/mol. The molecule has 1 aromatic heterocycles. The van der Waals surface area contributed by atoms with Gasteiger partial charge in [0.05, 0.1) is 7.11 Å². The predicted octanol–water partition coefficient (Wildman–Crippen LogP) is 4.00. The fraction of sp³-hybridized carbons (Fsp3) is 0.0625. The number of ether oxygens (including phenoxy) is 1. The molecule has 0 atom stereocenters. The van der Waals surface area contributed by atoms with Gasteiger partial charge in [-0.3, -0.25) is 4.79 Å². The third-order valence-corrected chi connectivity index (χ3v) is 3.51. The molecule has 0 saturated carbocycles. The monoisotopic (exact) mass is 303 g/mol. The van der Waals surface area contributed by atoms with E-state index in [9.17, 15) is 9.18 Å². The minimum absolute atomic E-state index is 0.129. The van der Waals surface area contributed by atoms with Crippen molar-refractivity contribution in [1.29, 1.82) is 0 Å². The molecule has 1 N–H and O–H groups in total. The molecule has 5 heteroatoms. The molecule has 0 amide bonds. The van der Waals surface area contributed by atoms with E-state index in [1.165, 1.54) is 13.2 Å². The summed E-state index contributed by atoms with van der Waals surface area (Å²) in [6, 6.07) is 11.4. The fourth-order valence-electron chi connectivity index (χ4n) is 2.22. The topological polar surface area (TPSA) is 42.1 Å². The maximum Gasteiger partial charge on any atom is 0.256 e. The summed E-state index contributed by atoms with van der Waals surface area (Å²) in [6.45, 7) is 0. The van der Waals surface area contributed by atoms with Gasteiger partial charge in [0, 0.05) is 21.7 Å². The number of fused-ring (bicyclic) bond motifs is 1. The first-order valence-corrected chi connectivity index (χ1v) is 6.63. The summed E-state index contributed by atoms with van der Waals surface area (Å²) in [6.07, 6.45) is 0. The van der Waals surface area contributed by atoms with Crippen LogP contribution in [0.4, 0.5) is 4.39 Å². The highest BCUT2D eigenvalue weighted by Crippen LogP contribution is 2.26. The van der Waals surface area contributed by atoms with E-state index in [0.29, 0.717) is 21.7 Å². The van der Waals surface area contributed by atoms with E-state index in [-0.39, 0.29) is 11.3 Å². The molecule has 0 aliphatic carbocycles. The third-order valence-electron chi connectivity index (χ3n) is 3.27. The van der Waals surface area contributed by atoms with Crippen LogP contribution in [0.3, 0.4) is 0 Å². The minimum Gasteiger partial charge on any atom is -0.494 e. The van der Waals surface area contributed by atoms with Gasteiger partial charge < -0.3 is 9.72 Å². The molecule has 0 aliphatic rings. The summed E-state index contributed by atoms with van der Waals surface area (Å²) in [5, 5.41) is 1.78. The number of pyridine rings is 1. The van der Waals surface area contributed by atoms with E-state index in [0.717, 1.165) is 5.39 Å². The van der Waals surface area contributed by atoms with Crippen molar-refractivity contribution in [3.63, 3.8) is 0 Å². The lowest BCUT2D eigenvalue weighted by molar-refractivity contribution is 0.387. The van der Waals surface area contributed by atoms with E-state index in [4.69, 9.17) is 16.3 Å².